The molecule has 0 saturated carbocycles. The van der Waals surface area contributed by atoms with Gasteiger partial charge in [0.05, 0.1) is 29.5 Å². The van der Waals surface area contributed by atoms with Crippen LogP contribution in [0.1, 0.15) is 74.8 Å². The summed E-state index contributed by atoms with van der Waals surface area (Å²) < 4.78 is 33.4. The predicted octanol–water partition coefficient (Wildman–Crippen LogP) is 5.82. The van der Waals surface area contributed by atoms with Crippen molar-refractivity contribution >= 4 is 33.0 Å². The van der Waals surface area contributed by atoms with E-state index in [1.807, 2.05) is 27.7 Å². The summed E-state index contributed by atoms with van der Waals surface area (Å²) in [6.07, 6.45) is 0. The predicted molar refractivity (Wildman–Crippen MR) is 144 cm³/mol. The zero-order valence-corrected chi connectivity index (χ0v) is 24.1. The van der Waals surface area contributed by atoms with Gasteiger partial charge in [0.2, 0.25) is 5.88 Å². The molecule has 0 aliphatic carbocycles. The summed E-state index contributed by atoms with van der Waals surface area (Å²) >= 11 is 0. The van der Waals surface area contributed by atoms with E-state index in [1.165, 1.54) is 6.07 Å². The van der Waals surface area contributed by atoms with Crippen LogP contribution in [-0.2, 0) is 9.31 Å². The van der Waals surface area contributed by atoms with E-state index < -0.39 is 18.3 Å². The number of ether oxygens (including phenoxy) is 1. The average Bonchev–Trinajstić information content (AvgIpc) is 2.97. The van der Waals surface area contributed by atoms with Gasteiger partial charge in [0.25, 0.3) is 0 Å². The molecule has 1 saturated heterocycles. The molecular formula is C28H39BFNO3Si. The minimum atomic E-state index is -0.761. The highest BCUT2D eigenvalue weighted by Crippen LogP contribution is 2.49. The topological polar surface area (TPSA) is 40.6 Å². The molecular weight excluding hydrogens is 456 g/mol. The van der Waals surface area contributed by atoms with Gasteiger partial charge >= 0.3 is 7.12 Å². The molecule has 1 aromatic carbocycles. The van der Waals surface area contributed by atoms with Crippen molar-refractivity contribution in [2.24, 2.45) is 17.8 Å². The van der Waals surface area contributed by atoms with E-state index in [1.54, 1.807) is 19.2 Å². The molecule has 3 rings (SSSR count). The standard InChI is InChI=1S/C28H39BFNO3Si/c1-17(2)28(18(3)4,19(5)6)35-15-14-21-22(30)13-12-20-16-23(32-11)31-25(24(20)21)29-33-26(7,8)27(9,10)34-29/h12-13,16-19H,1-11H3. The Labute approximate surface area is 213 Å². The maximum atomic E-state index is 15.3. The summed E-state index contributed by atoms with van der Waals surface area (Å²) in [6, 6.07) is 5.00. The van der Waals surface area contributed by atoms with Crippen LogP contribution in [0.2, 0.25) is 5.04 Å². The highest BCUT2D eigenvalue weighted by molar-refractivity contribution is 6.64. The second-order valence-electron chi connectivity index (χ2n) is 11.4. The van der Waals surface area contributed by atoms with Crippen LogP contribution in [0.25, 0.3) is 10.8 Å². The number of benzene rings is 1. The SMILES string of the molecule is COc1cc2ccc(F)c(C#C[Si]C(C(C)C)(C(C)C)C(C)C)c2c(B2OC(C)(C)C(C)(C)O2)n1. The van der Waals surface area contributed by atoms with E-state index >= 15 is 4.39 Å². The molecule has 2 radical (unpaired) electrons. The third-order valence-electron chi connectivity index (χ3n) is 7.97. The maximum Gasteiger partial charge on any atom is 0.515 e. The molecule has 188 valence electrons. The molecule has 0 spiro atoms. The van der Waals surface area contributed by atoms with E-state index in [0.29, 0.717) is 49.7 Å². The Balaban J connectivity index is 2.19. The van der Waals surface area contributed by atoms with Crippen LogP contribution in [0.3, 0.4) is 0 Å². The summed E-state index contributed by atoms with van der Waals surface area (Å²) in [5.41, 5.74) is 3.11. The van der Waals surface area contributed by atoms with Crippen molar-refractivity contribution in [2.75, 3.05) is 7.11 Å². The fraction of sp³-hybridized carbons (Fsp3) is 0.607. The van der Waals surface area contributed by atoms with Gasteiger partial charge in [0.15, 0.2) is 9.52 Å². The first-order valence-corrected chi connectivity index (χ1v) is 13.5. The molecule has 0 N–H and O–H groups in total. The Morgan fingerprint density at radius 2 is 1.54 bits per heavy atom. The lowest BCUT2D eigenvalue weighted by Crippen LogP contribution is -2.41. The average molecular weight is 496 g/mol. The lowest BCUT2D eigenvalue weighted by molar-refractivity contribution is 0.00578. The molecule has 0 bridgehead atoms. The fourth-order valence-electron chi connectivity index (χ4n) is 5.32. The minimum Gasteiger partial charge on any atom is -0.481 e. The van der Waals surface area contributed by atoms with Crippen molar-refractivity contribution in [2.45, 2.75) is 85.5 Å². The molecule has 4 nitrogen and oxygen atoms in total. The van der Waals surface area contributed by atoms with Gasteiger partial charge in [0.1, 0.15) is 5.82 Å². The summed E-state index contributed by atoms with van der Waals surface area (Å²) in [7, 11) is 1.18. The van der Waals surface area contributed by atoms with Crippen molar-refractivity contribution in [1.29, 1.82) is 0 Å². The summed E-state index contributed by atoms with van der Waals surface area (Å²) in [5.74, 6) is 4.64. The molecule has 2 heterocycles. The van der Waals surface area contributed by atoms with Gasteiger partial charge in [-0.25, -0.2) is 9.37 Å². The second kappa shape index (κ2) is 9.88. The quantitative estimate of drug-likeness (QED) is 0.374. The van der Waals surface area contributed by atoms with Crippen molar-refractivity contribution in [1.82, 2.24) is 4.98 Å². The first kappa shape index (κ1) is 27.7. The van der Waals surface area contributed by atoms with Gasteiger partial charge in [-0.05, 0) is 61.9 Å². The van der Waals surface area contributed by atoms with Gasteiger partial charge in [-0.1, -0.05) is 53.5 Å². The normalized spacial score (nSPS) is 17.4. The molecule has 0 unspecified atom stereocenters. The van der Waals surface area contributed by atoms with Gasteiger partial charge in [-0.3, -0.25) is 0 Å². The Hall–Kier alpha value is -1.88. The smallest absolute Gasteiger partial charge is 0.481 e. The van der Waals surface area contributed by atoms with Crippen LogP contribution in [0.5, 0.6) is 5.88 Å². The Morgan fingerprint density at radius 3 is 2.03 bits per heavy atom. The number of methoxy groups -OCH3 is 1. The number of hydrogen-bond acceptors (Lipinski definition) is 4. The monoisotopic (exact) mass is 495 g/mol. The number of nitrogens with zero attached hydrogens (tertiary/aromatic N) is 1. The minimum absolute atomic E-state index is 0.0596. The lowest BCUT2D eigenvalue weighted by Gasteiger charge is -2.43. The van der Waals surface area contributed by atoms with Crippen LogP contribution in [-0.4, -0.2) is 39.9 Å². The third-order valence-corrected chi connectivity index (χ3v) is 10.4. The molecule has 1 aliphatic heterocycles. The summed E-state index contributed by atoms with van der Waals surface area (Å²) in [6.45, 7) is 21.5. The van der Waals surface area contributed by atoms with E-state index in [-0.39, 0.29) is 10.9 Å². The third kappa shape index (κ3) is 4.90. The number of aromatic nitrogens is 1. The molecule has 7 heteroatoms. The van der Waals surface area contributed by atoms with E-state index in [9.17, 15) is 0 Å². The first-order chi connectivity index (χ1) is 16.2. The molecule has 35 heavy (non-hydrogen) atoms. The van der Waals surface area contributed by atoms with E-state index in [2.05, 4.69) is 58.0 Å². The molecule has 1 aromatic heterocycles. The van der Waals surface area contributed by atoms with Crippen molar-refractivity contribution in [3.63, 3.8) is 0 Å². The second-order valence-corrected chi connectivity index (χ2v) is 12.8. The zero-order chi connectivity index (χ0) is 26.3. The van der Waals surface area contributed by atoms with E-state index in [4.69, 9.17) is 14.0 Å². The number of pyridine rings is 1. The zero-order valence-electron chi connectivity index (χ0n) is 23.1. The van der Waals surface area contributed by atoms with Crippen LogP contribution < -0.4 is 10.3 Å². The molecule has 2 aromatic rings. The number of hydrogen-bond donors (Lipinski definition) is 0. The van der Waals surface area contributed by atoms with Gasteiger partial charge in [-0.15, -0.1) is 5.54 Å². The molecule has 1 fully saturated rings. The van der Waals surface area contributed by atoms with Crippen molar-refractivity contribution in [3.8, 4) is 17.3 Å². The van der Waals surface area contributed by atoms with Crippen LogP contribution in [0, 0.1) is 35.0 Å². The van der Waals surface area contributed by atoms with E-state index in [0.717, 1.165) is 5.39 Å². The lowest BCUT2D eigenvalue weighted by atomic mass is 9.76. The Morgan fingerprint density at radius 1 is 1.00 bits per heavy atom. The fourth-order valence-corrected chi connectivity index (χ4v) is 6.59. The molecule has 1 aliphatic rings. The number of rotatable bonds is 6. The number of fused-ring (bicyclic) bond motifs is 1. The van der Waals surface area contributed by atoms with Gasteiger partial charge in [-0.2, -0.15) is 0 Å². The van der Waals surface area contributed by atoms with Crippen LogP contribution in [0.4, 0.5) is 4.39 Å². The molecule has 0 amide bonds. The Bertz CT molecular complexity index is 1110. The van der Waals surface area contributed by atoms with Gasteiger partial charge in [0, 0.05) is 11.5 Å². The highest BCUT2D eigenvalue weighted by atomic mass is 28.2. The Kier molecular flexibility index (Phi) is 7.82. The largest absolute Gasteiger partial charge is 0.515 e. The van der Waals surface area contributed by atoms with Crippen LogP contribution in [0.15, 0.2) is 18.2 Å². The van der Waals surface area contributed by atoms with Crippen molar-refractivity contribution < 1.29 is 18.4 Å². The number of halogens is 1. The molecule has 0 atom stereocenters. The van der Waals surface area contributed by atoms with Crippen LogP contribution >= 0.6 is 0 Å². The summed E-state index contributed by atoms with van der Waals surface area (Å²) in [5, 5.41) is 1.47. The first-order valence-electron chi connectivity index (χ1n) is 12.5. The highest BCUT2D eigenvalue weighted by Gasteiger charge is 2.53. The van der Waals surface area contributed by atoms with Gasteiger partial charge < -0.3 is 14.0 Å². The summed E-state index contributed by atoms with van der Waals surface area (Å²) in [4.78, 5) is 4.67. The maximum absolute atomic E-state index is 15.3. The van der Waals surface area contributed by atoms with Crippen molar-refractivity contribution in [3.05, 3.63) is 29.6 Å².